The molecule has 232 valence electrons. The largest absolute Gasteiger partial charge is 0.461 e. The van der Waals surface area contributed by atoms with Crippen molar-refractivity contribution in [3.63, 3.8) is 0 Å². The van der Waals surface area contributed by atoms with Crippen molar-refractivity contribution in [3.05, 3.63) is 96.1 Å². The van der Waals surface area contributed by atoms with Gasteiger partial charge in [-0.2, -0.15) is 0 Å². The number of ether oxygens (including phenoxy) is 1. The van der Waals surface area contributed by atoms with E-state index >= 15 is 0 Å². The van der Waals surface area contributed by atoms with E-state index in [0.717, 1.165) is 16.7 Å². The number of hydrogen-bond acceptors (Lipinski definition) is 6. The van der Waals surface area contributed by atoms with Crippen LogP contribution in [0.2, 0.25) is 0 Å². The quantitative estimate of drug-likeness (QED) is 0.0722. The Balaban J connectivity index is 1.69. The number of primary amides is 1. The van der Waals surface area contributed by atoms with Crippen molar-refractivity contribution in [1.29, 1.82) is 0 Å². The Bertz CT molecular complexity index is 1410. The monoisotopic (exact) mass is 600 g/mol. The van der Waals surface area contributed by atoms with Crippen molar-refractivity contribution in [2.45, 2.75) is 51.3 Å². The Hall–Kier alpha value is -5.19. The maximum absolute atomic E-state index is 13.5. The number of rotatable bonds is 16. The second-order valence-corrected chi connectivity index (χ2v) is 10.4. The number of aliphatic imine (C=N–C) groups is 1. The molecule has 0 aliphatic carbocycles. The molecule has 0 bridgehead atoms. The molecule has 3 amide bonds. The zero-order valence-corrected chi connectivity index (χ0v) is 24.8. The lowest BCUT2D eigenvalue weighted by molar-refractivity contribution is -0.145. The summed E-state index contributed by atoms with van der Waals surface area (Å²) in [5.74, 6) is -2.88. The first kappa shape index (κ1) is 33.3. The zero-order valence-electron chi connectivity index (χ0n) is 24.8. The number of hydrogen-bond donors (Lipinski definition) is 5. The van der Waals surface area contributed by atoms with Gasteiger partial charge < -0.3 is 32.6 Å². The smallest absolute Gasteiger partial charge is 0.306 e. The van der Waals surface area contributed by atoms with Gasteiger partial charge in [0, 0.05) is 18.9 Å². The third-order valence-electron chi connectivity index (χ3n) is 6.98. The third kappa shape index (κ3) is 10.9. The molecule has 3 aromatic carbocycles. The average molecular weight is 601 g/mol. The number of amides is 3. The molecular formula is C33H40N6O5. The summed E-state index contributed by atoms with van der Waals surface area (Å²) in [5.41, 5.74) is 19.6. The summed E-state index contributed by atoms with van der Waals surface area (Å²) in [6, 6.07) is 24.1. The first-order valence-corrected chi connectivity index (χ1v) is 14.4. The van der Waals surface area contributed by atoms with Crippen molar-refractivity contribution in [1.82, 2.24) is 10.6 Å². The minimum absolute atomic E-state index is 0.0314. The lowest BCUT2D eigenvalue weighted by Crippen LogP contribution is -2.49. The van der Waals surface area contributed by atoms with E-state index in [1.807, 2.05) is 72.8 Å². The highest BCUT2D eigenvalue weighted by Crippen LogP contribution is 2.23. The number of esters is 1. The Morgan fingerprint density at radius 1 is 0.773 bits per heavy atom. The number of benzene rings is 3. The number of nitrogens with two attached hydrogens (primary N) is 3. The Morgan fingerprint density at radius 3 is 2.00 bits per heavy atom. The highest BCUT2D eigenvalue weighted by molar-refractivity contribution is 5.93. The maximum atomic E-state index is 13.5. The fourth-order valence-corrected chi connectivity index (χ4v) is 4.40. The zero-order chi connectivity index (χ0) is 31.9. The highest BCUT2D eigenvalue weighted by atomic mass is 16.5. The van der Waals surface area contributed by atoms with Gasteiger partial charge >= 0.3 is 5.97 Å². The van der Waals surface area contributed by atoms with Gasteiger partial charge in [-0.25, -0.2) is 0 Å². The number of nitrogens with zero attached hydrogens (tertiary/aromatic N) is 1. The SMILES string of the molecule is CC(CCC(=O)OCc1ccccc1)C(=O)NC(C(=O)NC(CCCN=C(N)N)C(N)=O)c1ccc(-c2ccccc2)cc1. The molecule has 0 fully saturated rings. The van der Waals surface area contributed by atoms with Crippen molar-refractivity contribution >= 4 is 29.7 Å². The van der Waals surface area contributed by atoms with Crippen LogP contribution >= 0.6 is 0 Å². The van der Waals surface area contributed by atoms with E-state index in [1.54, 1.807) is 19.1 Å². The van der Waals surface area contributed by atoms with Crippen LogP contribution in [-0.4, -0.2) is 42.2 Å². The van der Waals surface area contributed by atoms with E-state index in [-0.39, 0.29) is 38.4 Å². The van der Waals surface area contributed by atoms with Gasteiger partial charge in [-0.1, -0.05) is 91.9 Å². The van der Waals surface area contributed by atoms with Crippen LogP contribution in [0.5, 0.6) is 0 Å². The number of guanidine groups is 1. The van der Waals surface area contributed by atoms with E-state index in [1.165, 1.54) is 0 Å². The van der Waals surface area contributed by atoms with Crippen LogP contribution in [0.1, 0.15) is 49.8 Å². The van der Waals surface area contributed by atoms with E-state index in [0.29, 0.717) is 12.0 Å². The molecule has 11 nitrogen and oxygen atoms in total. The molecule has 3 unspecified atom stereocenters. The van der Waals surface area contributed by atoms with Crippen LogP contribution in [0.25, 0.3) is 11.1 Å². The van der Waals surface area contributed by atoms with E-state index < -0.39 is 41.7 Å². The van der Waals surface area contributed by atoms with Gasteiger partial charge in [0.1, 0.15) is 18.7 Å². The van der Waals surface area contributed by atoms with Crippen LogP contribution in [0.3, 0.4) is 0 Å². The molecule has 3 atom stereocenters. The standard InChI is InChI=1S/C33H40N6O5/c1-22(14-19-28(40)44-21-23-9-4-2-5-10-23)31(42)39-29(26-17-15-25(16-18-26)24-11-6-3-7-12-24)32(43)38-27(30(34)41)13-8-20-37-33(35)36/h2-7,9-12,15-18,22,27,29H,8,13-14,19-21H2,1H3,(H2,34,41)(H,38,43)(H,39,42)(H4,35,36,37). The molecule has 0 saturated carbocycles. The minimum Gasteiger partial charge on any atom is -0.461 e. The molecule has 3 aromatic rings. The number of carbonyl (C=O) groups is 4. The molecule has 0 aliphatic heterocycles. The van der Waals surface area contributed by atoms with Gasteiger partial charge in [-0.15, -0.1) is 0 Å². The normalized spacial score (nSPS) is 12.7. The van der Waals surface area contributed by atoms with Gasteiger partial charge in [-0.3, -0.25) is 24.2 Å². The van der Waals surface area contributed by atoms with Crippen molar-refractivity contribution in [3.8, 4) is 11.1 Å². The Labute approximate surface area is 257 Å². The molecule has 8 N–H and O–H groups in total. The lowest BCUT2D eigenvalue weighted by Gasteiger charge is -2.24. The summed E-state index contributed by atoms with van der Waals surface area (Å²) >= 11 is 0. The molecular weight excluding hydrogens is 560 g/mol. The van der Waals surface area contributed by atoms with E-state index in [4.69, 9.17) is 21.9 Å². The van der Waals surface area contributed by atoms with Crippen molar-refractivity contribution in [2.24, 2.45) is 28.1 Å². The summed E-state index contributed by atoms with van der Waals surface area (Å²) in [6.07, 6.45) is 0.845. The Morgan fingerprint density at radius 2 is 1.39 bits per heavy atom. The summed E-state index contributed by atoms with van der Waals surface area (Å²) < 4.78 is 5.31. The van der Waals surface area contributed by atoms with Crippen molar-refractivity contribution in [2.75, 3.05) is 6.54 Å². The predicted molar refractivity (Wildman–Crippen MR) is 168 cm³/mol. The second kappa shape index (κ2) is 17.1. The van der Waals surface area contributed by atoms with Gasteiger partial charge in [-0.05, 0) is 41.5 Å². The average Bonchev–Trinajstić information content (AvgIpc) is 3.03. The van der Waals surface area contributed by atoms with E-state index in [2.05, 4.69) is 15.6 Å². The highest BCUT2D eigenvalue weighted by Gasteiger charge is 2.28. The molecule has 44 heavy (non-hydrogen) atoms. The summed E-state index contributed by atoms with van der Waals surface area (Å²) in [4.78, 5) is 55.1. The summed E-state index contributed by atoms with van der Waals surface area (Å²) in [6.45, 7) is 2.08. The topological polar surface area (TPSA) is 192 Å². The first-order chi connectivity index (χ1) is 21.1. The minimum atomic E-state index is -1.13. The van der Waals surface area contributed by atoms with Gasteiger partial charge in [0.25, 0.3) is 0 Å². The molecule has 0 radical (unpaired) electrons. The third-order valence-corrected chi connectivity index (χ3v) is 6.98. The van der Waals surface area contributed by atoms with Crippen molar-refractivity contribution < 1.29 is 23.9 Å². The maximum Gasteiger partial charge on any atom is 0.306 e. The van der Waals surface area contributed by atoms with Gasteiger partial charge in [0.2, 0.25) is 17.7 Å². The fraction of sp³-hybridized carbons (Fsp3) is 0.303. The van der Waals surface area contributed by atoms with E-state index in [9.17, 15) is 19.2 Å². The van der Waals surface area contributed by atoms with Crippen LogP contribution in [0, 0.1) is 5.92 Å². The summed E-state index contributed by atoms with van der Waals surface area (Å²) in [5, 5.41) is 5.45. The molecule has 3 rings (SSSR count). The molecule has 0 aromatic heterocycles. The van der Waals surface area contributed by atoms with Crippen LogP contribution in [0.4, 0.5) is 0 Å². The molecule has 11 heteroatoms. The van der Waals surface area contributed by atoms with Gasteiger partial charge in [0.15, 0.2) is 5.96 Å². The second-order valence-electron chi connectivity index (χ2n) is 10.4. The molecule has 0 saturated heterocycles. The predicted octanol–water partition coefficient (Wildman–Crippen LogP) is 2.69. The first-order valence-electron chi connectivity index (χ1n) is 14.4. The van der Waals surface area contributed by atoms with Gasteiger partial charge in [0.05, 0.1) is 0 Å². The van der Waals surface area contributed by atoms with Crippen LogP contribution < -0.4 is 27.8 Å². The Kier molecular flexibility index (Phi) is 12.9. The lowest BCUT2D eigenvalue weighted by atomic mass is 9.98. The molecule has 0 spiro atoms. The number of nitrogens with one attached hydrogen (secondary N) is 2. The molecule has 0 heterocycles. The fourth-order valence-electron chi connectivity index (χ4n) is 4.40. The molecule has 0 aliphatic rings. The van der Waals surface area contributed by atoms with Crippen LogP contribution in [-0.2, 0) is 30.5 Å². The van der Waals surface area contributed by atoms with Crippen LogP contribution in [0.15, 0.2) is 89.9 Å². The summed E-state index contributed by atoms with van der Waals surface area (Å²) in [7, 11) is 0. The number of carbonyl (C=O) groups excluding carboxylic acids is 4.